The van der Waals surface area contributed by atoms with Crippen molar-refractivity contribution in [2.24, 2.45) is 5.92 Å². The van der Waals surface area contributed by atoms with E-state index in [-0.39, 0.29) is 18.6 Å². The average molecular weight is 222 g/mol. The van der Waals surface area contributed by atoms with Gasteiger partial charge in [0.1, 0.15) is 5.75 Å². The SMILES string of the molecule is CC(C)C(C)NC(=O)COc1cccnc1. The minimum absolute atomic E-state index is 0.0305. The van der Waals surface area contributed by atoms with Crippen LogP contribution in [0.25, 0.3) is 0 Å². The van der Waals surface area contributed by atoms with Crippen molar-refractivity contribution < 1.29 is 9.53 Å². The highest BCUT2D eigenvalue weighted by atomic mass is 16.5. The standard InChI is InChI=1S/C12H18N2O2/c1-9(2)10(3)14-12(15)8-16-11-5-4-6-13-7-11/h4-7,9-10H,8H2,1-3H3,(H,14,15). The molecule has 0 aliphatic carbocycles. The minimum atomic E-state index is -0.106. The van der Waals surface area contributed by atoms with Gasteiger partial charge in [0, 0.05) is 12.2 Å². The van der Waals surface area contributed by atoms with Crippen LogP contribution in [0.5, 0.6) is 5.75 Å². The number of pyridine rings is 1. The Kier molecular flexibility index (Phi) is 4.76. The monoisotopic (exact) mass is 222 g/mol. The number of amides is 1. The molecule has 0 aliphatic heterocycles. The van der Waals surface area contributed by atoms with Gasteiger partial charge in [0.2, 0.25) is 0 Å². The molecule has 1 heterocycles. The molecular formula is C12H18N2O2. The van der Waals surface area contributed by atoms with E-state index in [0.29, 0.717) is 11.7 Å². The fourth-order valence-corrected chi connectivity index (χ4v) is 1.04. The highest BCUT2D eigenvalue weighted by Gasteiger charge is 2.10. The smallest absolute Gasteiger partial charge is 0.258 e. The molecule has 1 aromatic heterocycles. The minimum Gasteiger partial charge on any atom is -0.482 e. The van der Waals surface area contributed by atoms with E-state index in [1.165, 1.54) is 0 Å². The molecule has 0 aliphatic rings. The Balaban J connectivity index is 2.31. The first-order chi connectivity index (χ1) is 7.59. The summed E-state index contributed by atoms with van der Waals surface area (Å²) in [5.41, 5.74) is 0. The van der Waals surface area contributed by atoms with Crippen LogP contribution in [0.2, 0.25) is 0 Å². The molecule has 1 aromatic rings. The lowest BCUT2D eigenvalue weighted by molar-refractivity contribution is -0.124. The number of carbonyl (C=O) groups is 1. The summed E-state index contributed by atoms with van der Waals surface area (Å²) in [5.74, 6) is 0.919. The van der Waals surface area contributed by atoms with Gasteiger partial charge >= 0.3 is 0 Å². The molecule has 0 saturated heterocycles. The third kappa shape index (κ3) is 4.29. The maximum Gasteiger partial charge on any atom is 0.258 e. The van der Waals surface area contributed by atoms with Crippen LogP contribution >= 0.6 is 0 Å². The van der Waals surface area contributed by atoms with E-state index in [4.69, 9.17) is 4.74 Å². The number of hydrogen-bond acceptors (Lipinski definition) is 3. The number of aromatic nitrogens is 1. The summed E-state index contributed by atoms with van der Waals surface area (Å²) in [6.45, 7) is 6.13. The van der Waals surface area contributed by atoms with Gasteiger partial charge in [-0.3, -0.25) is 9.78 Å². The molecule has 1 atom stereocenters. The highest BCUT2D eigenvalue weighted by Crippen LogP contribution is 2.05. The van der Waals surface area contributed by atoms with E-state index in [2.05, 4.69) is 24.1 Å². The molecule has 1 N–H and O–H groups in total. The van der Waals surface area contributed by atoms with Crippen molar-refractivity contribution in [2.75, 3.05) is 6.61 Å². The van der Waals surface area contributed by atoms with E-state index in [0.717, 1.165) is 0 Å². The first kappa shape index (κ1) is 12.5. The Morgan fingerprint density at radius 1 is 1.50 bits per heavy atom. The number of ether oxygens (including phenoxy) is 1. The van der Waals surface area contributed by atoms with Crippen molar-refractivity contribution in [1.29, 1.82) is 0 Å². The van der Waals surface area contributed by atoms with E-state index in [1.807, 2.05) is 6.92 Å². The van der Waals surface area contributed by atoms with Gasteiger partial charge in [-0.15, -0.1) is 0 Å². The van der Waals surface area contributed by atoms with Crippen molar-refractivity contribution in [1.82, 2.24) is 10.3 Å². The van der Waals surface area contributed by atoms with E-state index < -0.39 is 0 Å². The van der Waals surface area contributed by atoms with E-state index in [9.17, 15) is 4.79 Å². The van der Waals surface area contributed by atoms with Crippen LogP contribution in [0.1, 0.15) is 20.8 Å². The summed E-state index contributed by atoms with van der Waals surface area (Å²) in [4.78, 5) is 15.4. The third-order valence-electron chi connectivity index (χ3n) is 2.39. The molecule has 0 spiro atoms. The van der Waals surface area contributed by atoms with Crippen molar-refractivity contribution >= 4 is 5.91 Å². The molecule has 0 bridgehead atoms. The van der Waals surface area contributed by atoms with Crippen LogP contribution < -0.4 is 10.1 Å². The predicted octanol–water partition coefficient (Wildman–Crippen LogP) is 1.62. The summed E-state index contributed by atoms with van der Waals surface area (Å²) < 4.78 is 5.27. The Morgan fingerprint density at radius 3 is 2.81 bits per heavy atom. The van der Waals surface area contributed by atoms with Gasteiger partial charge in [0.05, 0.1) is 6.20 Å². The normalized spacial score (nSPS) is 12.2. The van der Waals surface area contributed by atoms with Crippen molar-refractivity contribution in [2.45, 2.75) is 26.8 Å². The van der Waals surface area contributed by atoms with E-state index in [1.54, 1.807) is 24.5 Å². The summed E-state index contributed by atoms with van der Waals surface area (Å²) in [5, 5.41) is 2.87. The first-order valence-electron chi connectivity index (χ1n) is 5.41. The van der Waals surface area contributed by atoms with Gasteiger partial charge in [-0.05, 0) is 25.0 Å². The Labute approximate surface area is 96.0 Å². The van der Waals surface area contributed by atoms with Crippen LogP contribution in [0.3, 0.4) is 0 Å². The lowest BCUT2D eigenvalue weighted by atomic mass is 10.1. The molecular weight excluding hydrogens is 204 g/mol. The Morgan fingerprint density at radius 2 is 2.25 bits per heavy atom. The topological polar surface area (TPSA) is 51.2 Å². The zero-order chi connectivity index (χ0) is 12.0. The highest BCUT2D eigenvalue weighted by molar-refractivity contribution is 5.77. The van der Waals surface area contributed by atoms with Gasteiger partial charge < -0.3 is 10.1 Å². The zero-order valence-electron chi connectivity index (χ0n) is 9.93. The van der Waals surface area contributed by atoms with Crippen molar-refractivity contribution in [3.63, 3.8) is 0 Å². The number of rotatable bonds is 5. The average Bonchev–Trinajstić information content (AvgIpc) is 2.27. The second kappa shape index (κ2) is 6.10. The second-order valence-electron chi connectivity index (χ2n) is 4.08. The number of carbonyl (C=O) groups excluding carboxylic acids is 1. The van der Waals surface area contributed by atoms with Gasteiger partial charge in [-0.2, -0.15) is 0 Å². The molecule has 1 rings (SSSR count). The molecule has 4 heteroatoms. The maximum absolute atomic E-state index is 11.5. The van der Waals surface area contributed by atoms with Gasteiger partial charge in [0.25, 0.3) is 5.91 Å². The molecule has 4 nitrogen and oxygen atoms in total. The molecule has 0 saturated carbocycles. The second-order valence-corrected chi connectivity index (χ2v) is 4.08. The molecule has 16 heavy (non-hydrogen) atoms. The molecule has 1 amide bonds. The summed E-state index contributed by atoms with van der Waals surface area (Å²) in [6.07, 6.45) is 3.24. The summed E-state index contributed by atoms with van der Waals surface area (Å²) in [7, 11) is 0. The Bertz CT molecular complexity index is 325. The summed E-state index contributed by atoms with van der Waals surface area (Å²) in [6, 6.07) is 3.70. The van der Waals surface area contributed by atoms with Gasteiger partial charge in [-0.1, -0.05) is 13.8 Å². The number of nitrogens with one attached hydrogen (secondary N) is 1. The van der Waals surface area contributed by atoms with Gasteiger partial charge in [-0.25, -0.2) is 0 Å². The quantitative estimate of drug-likeness (QED) is 0.823. The van der Waals surface area contributed by atoms with Crippen molar-refractivity contribution in [3.05, 3.63) is 24.5 Å². The predicted molar refractivity (Wildman–Crippen MR) is 62.2 cm³/mol. The number of hydrogen-bond donors (Lipinski definition) is 1. The summed E-state index contributed by atoms with van der Waals surface area (Å²) >= 11 is 0. The molecule has 0 radical (unpaired) electrons. The molecule has 1 unspecified atom stereocenters. The lowest BCUT2D eigenvalue weighted by Gasteiger charge is -2.17. The first-order valence-corrected chi connectivity index (χ1v) is 5.41. The number of nitrogens with zero attached hydrogens (tertiary/aromatic N) is 1. The largest absolute Gasteiger partial charge is 0.482 e. The molecule has 0 fully saturated rings. The van der Waals surface area contributed by atoms with Crippen LogP contribution in [0, 0.1) is 5.92 Å². The molecule has 88 valence electrons. The van der Waals surface area contributed by atoms with E-state index >= 15 is 0 Å². The zero-order valence-corrected chi connectivity index (χ0v) is 9.93. The maximum atomic E-state index is 11.5. The van der Waals surface area contributed by atoms with Crippen LogP contribution in [0.4, 0.5) is 0 Å². The fourth-order valence-electron chi connectivity index (χ4n) is 1.04. The fraction of sp³-hybridized carbons (Fsp3) is 0.500. The van der Waals surface area contributed by atoms with Gasteiger partial charge in [0.15, 0.2) is 6.61 Å². The molecule has 0 aromatic carbocycles. The van der Waals surface area contributed by atoms with Crippen molar-refractivity contribution in [3.8, 4) is 5.75 Å². The third-order valence-corrected chi connectivity index (χ3v) is 2.39. The Hall–Kier alpha value is -1.58. The van der Waals surface area contributed by atoms with Crippen LogP contribution in [-0.4, -0.2) is 23.5 Å². The lowest BCUT2D eigenvalue weighted by Crippen LogP contribution is -2.38. The van der Waals surface area contributed by atoms with Crippen LogP contribution in [0.15, 0.2) is 24.5 Å². The van der Waals surface area contributed by atoms with Crippen LogP contribution in [-0.2, 0) is 4.79 Å².